The number of nitro groups is 1. The zero-order valence-corrected chi connectivity index (χ0v) is 10.0. The molecule has 6 nitrogen and oxygen atoms in total. The summed E-state index contributed by atoms with van der Waals surface area (Å²) in [6, 6.07) is 4.96. The second-order valence-corrected chi connectivity index (χ2v) is 4.68. The number of nitrogens with two attached hydrogens (primary N) is 1. The maximum Gasteiger partial charge on any atom is 0.292 e. The third kappa shape index (κ3) is 2.89. The molecule has 0 atom stereocenters. The number of hydrogen-bond donors (Lipinski definition) is 3. The van der Waals surface area contributed by atoms with E-state index in [-0.39, 0.29) is 17.5 Å². The van der Waals surface area contributed by atoms with E-state index in [4.69, 9.17) is 5.73 Å². The SMILES string of the molecule is Nc1cc(NC2CCC(O)CC2)ccc1[N+](=O)[O-]. The van der Waals surface area contributed by atoms with Crippen LogP contribution in [0.1, 0.15) is 25.7 Å². The molecule has 4 N–H and O–H groups in total. The lowest BCUT2D eigenvalue weighted by atomic mass is 9.93. The van der Waals surface area contributed by atoms with Gasteiger partial charge in [0, 0.05) is 17.8 Å². The molecule has 98 valence electrons. The topological polar surface area (TPSA) is 101 Å². The van der Waals surface area contributed by atoms with Crippen LogP contribution in [0.5, 0.6) is 0 Å². The summed E-state index contributed by atoms with van der Waals surface area (Å²) in [6.07, 6.45) is 3.20. The predicted octanol–water partition coefficient (Wildman–Crippen LogP) is 1.89. The van der Waals surface area contributed by atoms with Crippen LogP contribution in [0.4, 0.5) is 17.1 Å². The molecule has 1 fully saturated rings. The summed E-state index contributed by atoms with van der Waals surface area (Å²) in [4.78, 5) is 10.1. The zero-order valence-electron chi connectivity index (χ0n) is 10.0. The molecule has 0 spiro atoms. The van der Waals surface area contributed by atoms with E-state index >= 15 is 0 Å². The Hall–Kier alpha value is -1.82. The number of anilines is 2. The Morgan fingerprint density at radius 1 is 1.33 bits per heavy atom. The Balaban J connectivity index is 2.02. The fraction of sp³-hybridized carbons (Fsp3) is 0.500. The lowest BCUT2D eigenvalue weighted by Crippen LogP contribution is -2.28. The van der Waals surface area contributed by atoms with Gasteiger partial charge in [-0.2, -0.15) is 0 Å². The second-order valence-electron chi connectivity index (χ2n) is 4.68. The number of aliphatic hydroxyl groups excluding tert-OH is 1. The predicted molar refractivity (Wildman–Crippen MR) is 69.4 cm³/mol. The molecule has 0 radical (unpaired) electrons. The molecule has 0 amide bonds. The van der Waals surface area contributed by atoms with Gasteiger partial charge in [0.15, 0.2) is 0 Å². The van der Waals surface area contributed by atoms with Crippen LogP contribution in [-0.2, 0) is 0 Å². The minimum Gasteiger partial charge on any atom is -0.393 e. The molecule has 18 heavy (non-hydrogen) atoms. The molecule has 0 saturated heterocycles. The average molecular weight is 251 g/mol. The summed E-state index contributed by atoms with van der Waals surface area (Å²) in [6.45, 7) is 0. The van der Waals surface area contributed by atoms with E-state index in [1.54, 1.807) is 12.1 Å². The van der Waals surface area contributed by atoms with Crippen LogP contribution in [0, 0.1) is 10.1 Å². The van der Waals surface area contributed by atoms with Crippen molar-refractivity contribution in [3.8, 4) is 0 Å². The summed E-state index contributed by atoms with van der Waals surface area (Å²) < 4.78 is 0. The van der Waals surface area contributed by atoms with Gasteiger partial charge in [-0.25, -0.2) is 0 Å². The number of aliphatic hydroxyl groups is 1. The number of nitrogen functional groups attached to an aromatic ring is 1. The van der Waals surface area contributed by atoms with Gasteiger partial charge in [-0.05, 0) is 37.8 Å². The highest BCUT2D eigenvalue weighted by molar-refractivity contribution is 5.66. The van der Waals surface area contributed by atoms with Crippen LogP contribution in [0.25, 0.3) is 0 Å². The maximum atomic E-state index is 10.6. The van der Waals surface area contributed by atoms with Gasteiger partial charge < -0.3 is 16.2 Å². The van der Waals surface area contributed by atoms with Crippen molar-refractivity contribution in [3.63, 3.8) is 0 Å². The smallest absolute Gasteiger partial charge is 0.292 e. The Bertz CT molecular complexity index is 442. The van der Waals surface area contributed by atoms with Crippen molar-refractivity contribution >= 4 is 17.1 Å². The molecule has 1 aliphatic carbocycles. The largest absolute Gasteiger partial charge is 0.393 e. The van der Waals surface area contributed by atoms with Crippen LogP contribution in [0.2, 0.25) is 0 Å². The van der Waals surface area contributed by atoms with Gasteiger partial charge in [0.1, 0.15) is 5.69 Å². The van der Waals surface area contributed by atoms with E-state index < -0.39 is 4.92 Å². The highest BCUT2D eigenvalue weighted by Gasteiger charge is 2.19. The van der Waals surface area contributed by atoms with Gasteiger partial charge in [-0.3, -0.25) is 10.1 Å². The van der Waals surface area contributed by atoms with Crippen molar-refractivity contribution < 1.29 is 10.0 Å². The van der Waals surface area contributed by atoms with Crippen LogP contribution < -0.4 is 11.1 Å². The summed E-state index contributed by atoms with van der Waals surface area (Å²) in [7, 11) is 0. The van der Waals surface area contributed by atoms with Gasteiger partial charge in [0.05, 0.1) is 11.0 Å². The standard InChI is InChI=1S/C12H17N3O3/c13-11-7-9(3-6-12(11)15(17)18)14-8-1-4-10(16)5-2-8/h3,6-8,10,14,16H,1-2,4-5,13H2. The van der Waals surface area contributed by atoms with Gasteiger partial charge in [-0.1, -0.05) is 0 Å². The summed E-state index contributed by atoms with van der Waals surface area (Å²) >= 11 is 0. The van der Waals surface area contributed by atoms with Crippen molar-refractivity contribution in [2.75, 3.05) is 11.1 Å². The quantitative estimate of drug-likeness (QED) is 0.432. The zero-order chi connectivity index (χ0) is 13.1. The summed E-state index contributed by atoms with van der Waals surface area (Å²) in [5.74, 6) is 0. The molecular formula is C12H17N3O3. The average Bonchev–Trinajstić information content (AvgIpc) is 2.32. The minimum absolute atomic E-state index is 0.0698. The van der Waals surface area contributed by atoms with Crippen molar-refractivity contribution in [2.24, 2.45) is 0 Å². The molecule has 1 aliphatic rings. The second kappa shape index (κ2) is 5.22. The van der Waals surface area contributed by atoms with Gasteiger partial charge in [-0.15, -0.1) is 0 Å². The fourth-order valence-electron chi connectivity index (χ4n) is 2.27. The first-order valence-corrected chi connectivity index (χ1v) is 6.05. The van der Waals surface area contributed by atoms with E-state index in [1.165, 1.54) is 6.07 Å². The molecule has 1 saturated carbocycles. The van der Waals surface area contributed by atoms with Crippen LogP contribution in [0.3, 0.4) is 0 Å². The third-order valence-corrected chi connectivity index (χ3v) is 3.29. The van der Waals surface area contributed by atoms with Crippen LogP contribution in [0.15, 0.2) is 18.2 Å². The Morgan fingerprint density at radius 3 is 2.56 bits per heavy atom. The summed E-state index contributed by atoms with van der Waals surface area (Å²) in [5, 5.41) is 23.3. The molecule has 0 bridgehead atoms. The monoisotopic (exact) mass is 251 g/mol. The molecular weight excluding hydrogens is 234 g/mol. The highest BCUT2D eigenvalue weighted by Crippen LogP contribution is 2.27. The molecule has 0 unspecified atom stereocenters. The molecule has 0 aliphatic heterocycles. The minimum atomic E-state index is -0.490. The number of rotatable bonds is 3. The first kappa shape index (κ1) is 12.6. The number of nitrogens with zero attached hydrogens (tertiary/aromatic N) is 1. The lowest BCUT2D eigenvalue weighted by molar-refractivity contribution is -0.383. The van der Waals surface area contributed by atoms with E-state index in [0.29, 0.717) is 6.04 Å². The molecule has 6 heteroatoms. The van der Waals surface area contributed by atoms with E-state index in [1.807, 2.05) is 0 Å². The Morgan fingerprint density at radius 2 is 2.00 bits per heavy atom. The summed E-state index contributed by atoms with van der Waals surface area (Å²) in [5.41, 5.74) is 6.52. The molecule has 1 aromatic carbocycles. The van der Waals surface area contributed by atoms with Crippen LogP contribution in [-0.4, -0.2) is 22.2 Å². The molecule has 1 aromatic rings. The molecule has 0 aromatic heterocycles. The van der Waals surface area contributed by atoms with Crippen molar-refractivity contribution in [3.05, 3.63) is 28.3 Å². The number of hydrogen-bond acceptors (Lipinski definition) is 5. The van der Waals surface area contributed by atoms with Gasteiger partial charge in [0.2, 0.25) is 0 Å². The number of nitrogens with one attached hydrogen (secondary N) is 1. The Kier molecular flexibility index (Phi) is 3.66. The van der Waals surface area contributed by atoms with Crippen molar-refractivity contribution in [1.82, 2.24) is 0 Å². The van der Waals surface area contributed by atoms with E-state index in [2.05, 4.69) is 5.32 Å². The molecule has 2 rings (SSSR count). The van der Waals surface area contributed by atoms with E-state index in [0.717, 1.165) is 31.4 Å². The fourth-order valence-corrected chi connectivity index (χ4v) is 2.27. The highest BCUT2D eigenvalue weighted by atomic mass is 16.6. The first-order chi connectivity index (χ1) is 8.56. The molecule has 0 heterocycles. The number of benzene rings is 1. The van der Waals surface area contributed by atoms with Gasteiger partial charge in [0.25, 0.3) is 5.69 Å². The Labute approximate surface area is 105 Å². The maximum absolute atomic E-state index is 10.6. The van der Waals surface area contributed by atoms with Gasteiger partial charge >= 0.3 is 0 Å². The van der Waals surface area contributed by atoms with Crippen molar-refractivity contribution in [1.29, 1.82) is 0 Å². The first-order valence-electron chi connectivity index (χ1n) is 6.05. The van der Waals surface area contributed by atoms with Crippen molar-refractivity contribution in [2.45, 2.75) is 37.8 Å². The van der Waals surface area contributed by atoms with E-state index in [9.17, 15) is 15.2 Å². The number of nitro benzene ring substituents is 1. The normalized spacial score (nSPS) is 23.6. The third-order valence-electron chi connectivity index (χ3n) is 3.29. The lowest BCUT2D eigenvalue weighted by Gasteiger charge is -2.27. The van der Waals surface area contributed by atoms with Crippen LogP contribution >= 0.6 is 0 Å².